The number of benzene rings is 2. The van der Waals surface area contributed by atoms with E-state index in [2.05, 4.69) is 22.4 Å². The summed E-state index contributed by atoms with van der Waals surface area (Å²) >= 11 is 0. The van der Waals surface area contributed by atoms with Crippen molar-refractivity contribution in [2.45, 2.75) is 38.0 Å². The van der Waals surface area contributed by atoms with Crippen LogP contribution in [0, 0.1) is 0 Å². The molecule has 0 amide bonds. The summed E-state index contributed by atoms with van der Waals surface area (Å²) in [6, 6.07) is 21.9. The number of hydrogen-bond acceptors (Lipinski definition) is 6. The molecule has 162 valence electrons. The van der Waals surface area contributed by atoms with E-state index in [9.17, 15) is 4.79 Å². The zero-order valence-corrected chi connectivity index (χ0v) is 17.5. The molecule has 1 aliphatic heterocycles. The first-order valence-electron chi connectivity index (χ1n) is 10.4. The Balaban J connectivity index is 1.43. The van der Waals surface area contributed by atoms with Gasteiger partial charge < -0.3 is 19.5 Å². The minimum atomic E-state index is -0.435. The third-order valence-electron chi connectivity index (χ3n) is 5.33. The number of ether oxygens (including phenoxy) is 3. The summed E-state index contributed by atoms with van der Waals surface area (Å²) in [6.45, 7) is 1.84. The van der Waals surface area contributed by atoms with Crippen LogP contribution < -0.4 is 15.7 Å². The number of methoxy groups -OCH3 is 1. The molecule has 7 nitrogen and oxygen atoms in total. The molecule has 0 spiro atoms. The van der Waals surface area contributed by atoms with E-state index in [4.69, 9.17) is 14.2 Å². The Hall–Kier alpha value is -3.00. The highest BCUT2D eigenvalue weighted by atomic mass is 16.6. The minimum Gasteiger partial charge on any atom is -0.481 e. The molecule has 3 aromatic rings. The van der Waals surface area contributed by atoms with E-state index < -0.39 is 11.9 Å². The second-order valence-corrected chi connectivity index (χ2v) is 7.48. The molecule has 1 aromatic heterocycles. The SMILES string of the molecule is COc1ccn([C@H]2C[C@H](OCc3ccccc3)[C@@H](CNCc3ccccc3)O2)c(=O)n1. The van der Waals surface area contributed by atoms with E-state index in [1.54, 1.807) is 12.3 Å². The number of aromatic nitrogens is 2. The van der Waals surface area contributed by atoms with Gasteiger partial charge in [0.05, 0.1) is 25.9 Å². The maximum atomic E-state index is 12.4. The Morgan fingerprint density at radius 3 is 2.45 bits per heavy atom. The smallest absolute Gasteiger partial charge is 0.352 e. The van der Waals surface area contributed by atoms with Crippen LogP contribution in [0.1, 0.15) is 23.8 Å². The average Bonchev–Trinajstić information content (AvgIpc) is 3.21. The van der Waals surface area contributed by atoms with E-state index >= 15 is 0 Å². The first-order chi connectivity index (χ1) is 15.2. The van der Waals surface area contributed by atoms with Crippen LogP contribution >= 0.6 is 0 Å². The van der Waals surface area contributed by atoms with Gasteiger partial charge in [0.2, 0.25) is 5.88 Å². The predicted molar refractivity (Wildman–Crippen MR) is 117 cm³/mol. The van der Waals surface area contributed by atoms with E-state index in [-0.39, 0.29) is 18.1 Å². The van der Waals surface area contributed by atoms with Crippen molar-refractivity contribution < 1.29 is 14.2 Å². The number of hydrogen-bond donors (Lipinski definition) is 1. The Morgan fingerprint density at radius 1 is 1.06 bits per heavy atom. The summed E-state index contributed by atoms with van der Waals surface area (Å²) in [6.07, 6.45) is 1.45. The Kier molecular flexibility index (Phi) is 7.09. The first-order valence-corrected chi connectivity index (χ1v) is 10.4. The lowest BCUT2D eigenvalue weighted by atomic mass is 10.1. The second kappa shape index (κ2) is 10.3. The molecular weight excluding hydrogens is 394 g/mol. The molecule has 4 rings (SSSR count). The van der Waals surface area contributed by atoms with Crippen LogP contribution in [0.4, 0.5) is 0 Å². The largest absolute Gasteiger partial charge is 0.481 e. The molecule has 3 atom stereocenters. The standard InChI is InChI=1S/C24H27N3O4/c1-29-22-12-13-27(24(28)26-22)23-14-20(30-17-19-10-6-3-7-11-19)21(31-23)16-25-15-18-8-4-2-5-9-18/h2-13,20-21,23,25H,14-17H2,1H3/t20-,21+,23+/m0/s1. The van der Waals surface area contributed by atoms with Crippen LogP contribution in [0.15, 0.2) is 77.7 Å². The predicted octanol–water partition coefficient (Wildman–Crippen LogP) is 2.91. The summed E-state index contributed by atoms with van der Waals surface area (Å²) < 4.78 is 19.0. The highest BCUT2D eigenvalue weighted by molar-refractivity contribution is 5.15. The van der Waals surface area contributed by atoms with E-state index in [1.165, 1.54) is 17.2 Å². The van der Waals surface area contributed by atoms with Gasteiger partial charge >= 0.3 is 5.69 Å². The van der Waals surface area contributed by atoms with Gasteiger partial charge in [-0.1, -0.05) is 60.7 Å². The third kappa shape index (κ3) is 5.58. The number of rotatable bonds is 9. The Labute approximate surface area is 181 Å². The van der Waals surface area contributed by atoms with Gasteiger partial charge in [0, 0.05) is 31.8 Å². The zero-order valence-electron chi connectivity index (χ0n) is 17.5. The third-order valence-corrected chi connectivity index (χ3v) is 5.33. The van der Waals surface area contributed by atoms with Crippen molar-refractivity contribution in [3.8, 4) is 5.88 Å². The van der Waals surface area contributed by atoms with Crippen LogP contribution in [0.25, 0.3) is 0 Å². The van der Waals surface area contributed by atoms with Gasteiger partial charge in [0.25, 0.3) is 0 Å². The van der Waals surface area contributed by atoms with Gasteiger partial charge in [-0.05, 0) is 11.1 Å². The monoisotopic (exact) mass is 421 g/mol. The van der Waals surface area contributed by atoms with Crippen LogP contribution in [-0.4, -0.2) is 35.4 Å². The van der Waals surface area contributed by atoms with Gasteiger partial charge in [-0.2, -0.15) is 4.98 Å². The van der Waals surface area contributed by atoms with Crippen molar-refractivity contribution in [2.24, 2.45) is 0 Å². The summed E-state index contributed by atoms with van der Waals surface area (Å²) in [5.41, 5.74) is 1.91. The van der Waals surface area contributed by atoms with Crippen molar-refractivity contribution >= 4 is 0 Å². The lowest BCUT2D eigenvalue weighted by molar-refractivity contribution is -0.0424. The maximum absolute atomic E-state index is 12.4. The summed E-state index contributed by atoms with van der Waals surface area (Å²) in [4.78, 5) is 16.3. The van der Waals surface area contributed by atoms with Gasteiger partial charge in [-0.25, -0.2) is 4.79 Å². The van der Waals surface area contributed by atoms with Crippen molar-refractivity contribution in [1.82, 2.24) is 14.9 Å². The molecule has 2 heterocycles. The quantitative estimate of drug-likeness (QED) is 0.573. The van der Waals surface area contributed by atoms with E-state index in [1.807, 2.05) is 48.5 Å². The van der Waals surface area contributed by atoms with Gasteiger partial charge in [0.1, 0.15) is 6.23 Å². The lowest BCUT2D eigenvalue weighted by Gasteiger charge is -2.20. The molecule has 0 unspecified atom stereocenters. The summed E-state index contributed by atoms with van der Waals surface area (Å²) in [7, 11) is 1.49. The zero-order chi connectivity index (χ0) is 21.5. The lowest BCUT2D eigenvalue weighted by Crippen LogP contribution is -2.35. The maximum Gasteiger partial charge on any atom is 0.352 e. The fourth-order valence-electron chi connectivity index (χ4n) is 3.69. The molecule has 1 fully saturated rings. The molecule has 0 aliphatic carbocycles. The molecule has 0 radical (unpaired) electrons. The molecule has 2 aromatic carbocycles. The molecule has 0 saturated carbocycles. The van der Waals surface area contributed by atoms with Crippen molar-refractivity contribution in [2.75, 3.05) is 13.7 Å². The number of nitrogens with one attached hydrogen (secondary N) is 1. The second-order valence-electron chi connectivity index (χ2n) is 7.48. The highest BCUT2D eigenvalue weighted by Crippen LogP contribution is 2.30. The fraction of sp³-hybridized carbons (Fsp3) is 0.333. The van der Waals surface area contributed by atoms with Crippen LogP contribution in [0.3, 0.4) is 0 Å². The molecule has 1 N–H and O–H groups in total. The normalized spacial score (nSPS) is 20.6. The molecule has 7 heteroatoms. The minimum absolute atomic E-state index is 0.150. The van der Waals surface area contributed by atoms with Gasteiger partial charge in [0.15, 0.2) is 0 Å². The molecular formula is C24H27N3O4. The first kappa shape index (κ1) is 21.2. The topological polar surface area (TPSA) is 74.6 Å². The highest BCUT2D eigenvalue weighted by Gasteiger charge is 2.37. The molecule has 31 heavy (non-hydrogen) atoms. The number of nitrogens with zero attached hydrogens (tertiary/aromatic N) is 2. The molecule has 1 aliphatic rings. The fourth-order valence-corrected chi connectivity index (χ4v) is 3.69. The van der Waals surface area contributed by atoms with Crippen molar-refractivity contribution in [1.29, 1.82) is 0 Å². The van der Waals surface area contributed by atoms with Crippen LogP contribution in [0.2, 0.25) is 0 Å². The summed E-state index contributed by atoms with van der Waals surface area (Å²) in [5.74, 6) is 0.289. The van der Waals surface area contributed by atoms with E-state index in [0.717, 1.165) is 12.1 Å². The van der Waals surface area contributed by atoms with Gasteiger partial charge in [-0.3, -0.25) is 4.57 Å². The Bertz CT molecular complexity index is 1010. The molecule has 0 bridgehead atoms. The van der Waals surface area contributed by atoms with E-state index in [0.29, 0.717) is 19.6 Å². The Morgan fingerprint density at radius 2 is 1.77 bits per heavy atom. The van der Waals surface area contributed by atoms with Crippen LogP contribution in [-0.2, 0) is 22.6 Å². The molecule has 1 saturated heterocycles. The summed E-state index contributed by atoms with van der Waals surface area (Å²) in [5, 5.41) is 3.45. The van der Waals surface area contributed by atoms with Crippen molar-refractivity contribution in [3.63, 3.8) is 0 Å². The van der Waals surface area contributed by atoms with Crippen molar-refractivity contribution in [3.05, 3.63) is 94.5 Å². The average molecular weight is 421 g/mol. The van der Waals surface area contributed by atoms with Gasteiger partial charge in [-0.15, -0.1) is 0 Å². The van der Waals surface area contributed by atoms with Crippen LogP contribution in [0.5, 0.6) is 5.88 Å².